The Balaban J connectivity index is 1.66. The zero-order valence-corrected chi connectivity index (χ0v) is 14.2. The van der Waals surface area contributed by atoms with Crippen molar-refractivity contribution in [2.24, 2.45) is 0 Å². The summed E-state index contributed by atoms with van der Waals surface area (Å²) in [7, 11) is 1.67. The summed E-state index contributed by atoms with van der Waals surface area (Å²) in [4.78, 5) is 4.42. The van der Waals surface area contributed by atoms with E-state index in [1.54, 1.807) is 19.2 Å². The number of nitrogens with one attached hydrogen (secondary N) is 1. The summed E-state index contributed by atoms with van der Waals surface area (Å²) in [6, 6.07) is 9.02. The minimum absolute atomic E-state index is 0.163. The molecule has 1 N–H and O–H groups in total. The molecular formula is C16H18ClN5O2. The van der Waals surface area contributed by atoms with E-state index < -0.39 is 0 Å². The van der Waals surface area contributed by atoms with Crippen molar-refractivity contribution in [2.75, 3.05) is 19.0 Å². The Morgan fingerprint density at radius 2 is 2.08 bits per heavy atom. The van der Waals surface area contributed by atoms with Gasteiger partial charge in [0, 0.05) is 30.0 Å². The molecule has 0 bridgehead atoms. The molecule has 0 amide bonds. The van der Waals surface area contributed by atoms with Gasteiger partial charge in [-0.1, -0.05) is 16.8 Å². The number of benzene rings is 1. The molecule has 0 aliphatic carbocycles. The van der Waals surface area contributed by atoms with E-state index in [1.807, 2.05) is 36.0 Å². The Kier molecular flexibility index (Phi) is 5.12. The molecule has 7 nitrogen and oxygen atoms in total. The Morgan fingerprint density at radius 1 is 1.29 bits per heavy atom. The Bertz CT molecular complexity index is 784. The molecule has 0 aliphatic heterocycles. The van der Waals surface area contributed by atoms with Crippen molar-refractivity contribution >= 4 is 17.4 Å². The standard InChI is InChI=1S/C16H18ClN5O2/c1-11(18-14-7-8-22(20-14)9-10-23-2)16-19-15(21-24-16)12-3-5-13(17)6-4-12/h3-8,11H,9-10H2,1-2H3,(H,18,20). The fourth-order valence-electron chi connectivity index (χ4n) is 2.16. The number of hydrogen-bond donors (Lipinski definition) is 1. The highest BCUT2D eigenvalue weighted by Crippen LogP contribution is 2.22. The lowest BCUT2D eigenvalue weighted by Gasteiger charge is -2.07. The second-order valence-electron chi connectivity index (χ2n) is 5.29. The van der Waals surface area contributed by atoms with Crippen LogP contribution in [0.3, 0.4) is 0 Å². The van der Waals surface area contributed by atoms with Crippen LogP contribution in [0.15, 0.2) is 41.1 Å². The van der Waals surface area contributed by atoms with Gasteiger partial charge in [0.15, 0.2) is 0 Å². The van der Waals surface area contributed by atoms with E-state index in [0.29, 0.717) is 29.9 Å². The van der Waals surface area contributed by atoms with Crippen molar-refractivity contribution < 1.29 is 9.26 Å². The van der Waals surface area contributed by atoms with Gasteiger partial charge in [-0.3, -0.25) is 4.68 Å². The van der Waals surface area contributed by atoms with Crippen LogP contribution in [0.25, 0.3) is 11.4 Å². The summed E-state index contributed by atoms with van der Waals surface area (Å²) in [5.41, 5.74) is 0.852. The Morgan fingerprint density at radius 3 is 2.83 bits per heavy atom. The van der Waals surface area contributed by atoms with Gasteiger partial charge in [-0.05, 0) is 31.2 Å². The van der Waals surface area contributed by atoms with Crippen LogP contribution in [-0.2, 0) is 11.3 Å². The average Bonchev–Trinajstić information content (AvgIpc) is 3.23. The predicted octanol–water partition coefficient (Wildman–Crippen LogP) is 3.41. The van der Waals surface area contributed by atoms with Crippen molar-refractivity contribution in [3.05, 3.63) is 47.4 Å². The fourth-order valence-corrected chi connectivity index (χ4v) is 2.28. The van der Waals surface area contributed by atoms with Crippen molar-refractivity contribution in [3.63, 3.8) is 0 Å². The van der Waals surface area contributed by atoms with Gasteiger partial charge >= 0.3 is 0 Å². The first-order valence-corrected chi connectivity index (χ1v) is 7.92. The second-order valence-corrected chi connectivity index (χ2v) is 5.72. The largest absolute Gasteiger partial charge is 0.383 e. The number of nitrogens with zero attached hydrogens (tertiary/aromatic N) is 4. The third-order valence-electron chi connectivity index (χ3n) is 3.44. The highest BCUT2D eigenvalue weighted by Gasteiger charge is 2.16. The minimum Gasteiger partial charge on any atom is -0.383 e. The molecule has 8 heteroatoms. The van der Waals surface area contributed by atoms with Gasteiger partial charge in [-0.15, -0.1) is 0 Å². The molecule has 1 atom stereocenters. The number of aromatic nitrogens is 4. The minimum atomic E-state index is -0.163. The molecule has 0 aliphatic rings. The van der Waals surface area contributed by atoms with Gasteiger partial charge in [0.25, 0.3) is 0 Å². The average molecular weight is 348 g/mol. The summed E-state index contributed by atoms with van der Waals surface area (Å²) < 4.78 is 12.2. The summed E-state index contributed by atoms with van der Waals surface area (Å²) in [6.45, 7) is 3.26. The molecule has 2 aromatic heterocycles. The third kappa shape index (κ3) is 3.93. The first kappa shape index (κ1) is 16.5. The van der Waals surface area contributed by atoms with Crippen molar-refractivity contribution in [1.29, 1.82) is 0 Å². The SMILES string of the molecule is COCCn1ccc(NC(C)c2nc(-c3ccc(Cl)cc3)no2)n1. The van der Waals surface area contributed by atoms with Crippen LogP contribution < -0.4 is 5.32 Å². The maximum absolute atomic E-state index is 5.89. The lowest BCUT2D eigenvalue weighted by Crippen LogP contribution is -2.09. The number of halogens is 1. The Hall–Kier alpha value is -2.38. The van der Waals surface area contributed by atoms with E-state index >= 15 is 0 Å². The summed E-state index contributed by atoms with van der Waals surface area (Å²) in [5.74, 6) is 1.76. The van der Waals surface area contributed by atoms with E-state index in [9.17, 15) is 0 Å². The maximum Gasteiger partial charge on any atom is 0.249 e. The predicted molar refractivity (Wildman–Crippen MR) is 90.9 cm³/mol. The number of anilines is 1. The lowest BCUT2D eigenvalue weighted by molar-refractivity contribution is 0.183. The van der Waals surface area contributed by atoms with Gasteiger partial charge in [0.1, 0.15) is 11.9 Å². The van der Waals surface area contributed by atoms with Gasteiger partial charge in [-0.25, -0.2) is 0 Å². The van der Waals surface area contributed by atoms with Crippen molar-refractivity contribution in [3.8, 4) is 11.4 Å². The smallest absolute Gasteiger partial charge is 0.249 e. The molecule has 0 saturated heterocycles. The number of methoxy groups -OCH3 is 1. The highest BCUT2D eigenvalue weighted by atomic mass is 35.5. The van der Waals surface area contributed by atoms with Gasteiger partial charge in [0.05, 0.1) is 13.2 Å². The van der Waals surface area contributed by atoms with Crippen molar-refractivity contribution in [1.82, 2.24) is 19.9 Å². The highest BCUT2D eigenvalue weighted by molar-refractivity contribution is 6.30. The van der Waals surface area contributed by atoms with Crippen molar-refractivity contribution in [2.45, 2.75) is 19.5 Å². The summed E-state index contributed by atoms with van der Waals surface area (Å²) >= 11 is 5.89. The molecule has 0 fully saturated rings. The van der Waals surface area contributed by atoms with Gasteiger partial charge in [0.2, 0.25) is 11.7 Å². The molecule has 1 aromatic carbocycles. The fraction of sp³-hybridized carbons (Fsp3) is 0.312. The van der Waals surface area contributed by atoms with Crippen LogP contribution in [-0.4, -0.2) is 33.6 Å². The normalized spacial score (nSPS) is 12.3. The Labute approximate surface area is 144 Å². The van der Waals surface area contributed by atoms with Gasteiger partial charge in [-0.2, -0.15) is 10.1 Å². The van der Waals surface area contributed by atoms with Crippen LogP contribution in [0.5, 0.6) is 0 Å². The van der Waals surface area contributed by atoms with E-state index in [0.717, 1.165) is 11.4 Å². The molecule has 2 heterocycles. The van der Waals surface area contributed by atoms with Crippen LogP contribution in [0, 0.1) is 0 Å². The molecule has 3 rings (SSSR count). The summed E-state index contributed by atoms with van der Waals surface area (Å²) in [5, 5.41) is 12.3. The quantitative estimate of drug-likeness (QED) is 0.705. The zero-order valence-electron chi connectivity index (χ0n) is 13.4. The van der Waals surface area contributed by atoms with Crippen LogP contribution in [0.2, 0.25) is 5.02 Å². The molecule has 0 spiro atoms. The van der Waals surface area contributed by atoms with E-state index in [4.69, 9.17) is 20.9 Å². The van der Waals surface area contributed by atoms with Crippen LogP contribution in [0.1, 0.15) is 18.9 Å². The molecule has 0 saturated carbocycles. The summed E-state index contributed by atoms with van der Waals surface area (Å²) in [6.07, 6.45) is 1.89. The molecular weight excluding hydrogens is 330 g/mol. The molecule has 0 radical (unpaired) electrons. The number of hydrogen-bond acceptors (Lipinski definition) is 6. The number of ether oxygens (including phenoxy) is 1. The second kappa shape index (κ2) is 7.46. The third-order valence-corrected chi connectivity index (χ3v) is 3.70. The van der Waals surface area contributed by atoms with Gasteiger partial charge < -0.3 is 14.6 Å². The molecule has 24 heavy (non-hydrogen) atoms. The molecule has 3 aromatic rings. The topological polar surface area (TPSA) is 78.0 Å². The lowest BCUT2D eigenvalue weighted by atomic mass is 10.2. The monoisotopic (exact) mass is 347 g/mol. The van der Waals surface area contributed by atoms with Crippen LogP contribution in [0.4, 0.5) is 5.82 Å². The molecule has 1 unspecified atom stereocenters. The molecule has 126 valence electrons. The van der Waals surface area contributed by atoms with E-state index in [1.165, 1.54) is 0 Å². The number of rotatable bonds is 7. The zero-order chi connectivity index (χ0) is 16.9. The first-order valence-electron chi connectivity index (χ1n) is 7.54. The first-order chi connectivity index (χ1) is 11.7. The van der Waals surface area contributed by atoms with Crippen LogP contribution >= 0.6 is 11.6 Å². The van der Waals surface area contributed by atoms with E-state index in [2.05, 4.69) is 20.6 Å². The van der Waals surface area contributed by atoms with E-state index in [-0.39, 0.29) is 6.04 Å². The maximum atomic E-state index is 5.89.